The van der Waals surface area contributed by atoms with Gasteiger partial charge in [0, 0.05) is 0 Å². The van der Waals surface area contributed by atoms with Crippen LogP contribution in [0.1, 0.15) is 6.92 Å². The number of hydrogen-bond donors (Lipinski definition) is 4. The van der Waals surface area contributed by atoms with Crippen molar-refractivity contribution >= 4 is 0 Å². The van der Waals surface area contributed by atoms with E-state index in [1.165, 1.54) is 0 Å². The molecule has 12 heavy (non-hydrogen) atoms. The van der Waals surface area contributed by atoms with E-state index in [0.29, 0.717) is 0 Å². The number of hydrogen-bond acceptors (Lipinski definition) is 5. The number of rotatable bonds is 1. The van der Waals surface area contributed by atoms with Crippen LogP contribution in [0, 0.1) is 0 Å². The van der Waals surface area contributed by atoms with Crippen molar-refractivity contribution in [3.05, 3.63) is 0 Å². The standard InChI is InChI=1S/C7H15NO4/c1-3-5(8)7(11)6(10)4(2-9)12-3/h3-7,9-11H,2,8H2,1H3. The molecule has 1 heterocycles. The van der Waals surface area contributed by atoms with E-state index in [0.717, 1.165) is 0 Å². The van der Waals surface area contributed by atoms with Crippen LogP contribution in [0.5, 0.6) is 0 Å². The minimum atomic E-state index is -1.10. The average molecular weight is 177 g/mol. The van der Waals surface area contributed by atoms with Crippen LogP contribution in [0.4, 0.5) is 0 Å². The zero-order valence-electron chi connectivity index (χ0n) is 6.92. The molecule has 72 valence electrons. The van der Waals surface area contributed by atoms with E-state index in [2.05, 4.69) is 0 Å². The summed E-state index contributed by atoms with van der Waals surface area (Å²) in [4.78, 5) is 0. The first kappa shape index (κ1) is 9.88. The summed E-state index contributed by atoms with van der Waals surface area (Å²) in [6, 6.07) is -0.595. The SMILES string of the molecule is CC1OC(CO)C(O)C(O)C1N. The van der Waals surface area contributed by atoms with Gasteiger partial charge in [0.05, 0.1) is 18.8 Å². The summed E-state index contributed by atoms with van der Waals surface area (Å²) >= 11 is 0. The van der Waals surface area contributed by atoms with E-state index in [-0.39, 0.29) is 12.7 Å². The van der Waals surface area contributed by atoms with Gasteiger partial charge >= 0.3 is 0 Å². The smallest absolute Gasteiger partial charge is 0.110 e. The predicted molar refractivity (Wildman–Crippen MR) is 41.4 cm³/mol. The van der Waals surface area contributed by atoms with Crippen LogP contribution in [-0.2, 0) is 4.74 Å². The summed E-state index contributed by atoms with van der Waals surface area (Å²) in [6.45, 7) is 1.39. The number of nitrogens with two attached hydrogens (primary N) is 1. The van der Waals surface area contributed by atoms with Gasteiger partial charge in [0.25, 0.3) is 0 Å². The molecule has 0 radical (unpaired) electrons. The Kier molecular flexibility index (Phi) is 3.03. The molecule has 5 atom stereocenters. The van der Waals surface area contributed by atoms with Crippen molar-refractivity contribution in [1.29, 1.82) is 0 Å². The molecule has 1 saturated heterocycles. The second kappa shape index (κ2) is 3.68. The summed E-state index contributed by atoms with van der Waals surface area (Å²) in [7, 11) is 0. The molecular formula is C7H15NO4. The van der Waals surface area contributed by atoms with Gasteiger partial charge in [-0.3, -0.25) is 0 Å². The molecule has 0 amide bonds. The van der Waals surface area contributed by atoms with Crippen LogP contribution in [-0.4, -0.2) is 52.4 Å². The summed E-state index contributed by atoms with van der Waals surface area (Å²) < 4.78 is 5.15. The van der Waals surface area contributed by atoms with Crippen LogP contribution in [0.3, 0.4) is 0 Å². The molecule has 1 aliphatic rings. The van der Waals surface area contributed by atoms with Gasteiger partial charge in [-0.25, -0.2) is 0 Å². The van der Waals surface area contributed by atoms with Crippen molar-refractivity contribution in [3.8, 4) is 0 Å². The summed E-state index contributed by atoms with van der Waals surface area (Å²) in [5.41, 5.74) is 5.51. The molecule has 0 aromatic rings. The second-order valence-corrected chi connectivity index (χ2v) is 3.12. The Morgan fingerprint density at radius 3 is 2.42 bits per heavy atom. The molecule has 0 saturated carbocycles. The summed E-state index contributed by atoms with van der Waals surface area (Å²) in [5, 5.41) is 27.4. The van der Waals surface area contributed by atoms with Gasteiger partial charge in [0.1, 0.15) is 18.3 Å². The van der Waals surface area contributed by atoms with Gasteiger partial charge in [0.2, 0.25) is 0 Å². The predicted octanol–water partition coefficient (Wildman–Crippen LogP) is -2.18. The monoisotopic (exact) mass is 177 g/mol. The zero-order valence-corrected chi connectivity index (χ0v) is 6.92. The fraction of sp³-hybridized carbons (Fsp3) is 1.00. The number of aliphatic hydroxyl groups excluding tert-OH is 3. The summed E-state index contributed by atoms with van der Waals surface area (Å²) in [6.07, 6.45) is -3.19. The van der Waals surface area contributed by atoms with Gasteiger partial charge in [-0.05, 0) is 6.92 Å². The Balaban J connectivity index is 2.63. The van der Waals surface area contributed by atoms with Gasteiger partial charge in [-0.2, -0.15) is 0 Å². The topological polar surface area (TPSA) is 95.9 Å². The highest BCUT2D eigenvalue weighted by Crippen LogP contribution is 2.18. The molecule has 1 fully saturated rings. The Morgan fingerprint density at radius 1 is 1.33 bits per heavy atom. The molecule has 5 unspecified atom stereocenters. The van der Waals surface area contributed by atoms with Crippen molar-refractivity contribution < 1.29 is 20.1 Å². The first-order valence-corrected chi connectivity index (χ1v) is 3.96. The Hall–Kier alpha value is -0.200. The lowest BCUT2D eigenvalue weighted by Crippen LogP contribution is -2.60. The third-order valence-electron chi connectivity index (χ3n) is 2.24. The maximum Gasteiger partial charge on any atom is 0.110 e. The van der Waals surface area contributed by atoms with Crippen LogP contribution in [0.25, 0.3) is 0 Å². The van der Waals surface area contributed by atoms with Crippen LogP contribution in [0.15, 0.2) is 0 Å². The molecular weight excluding hydrogens is 162 g/mol. The first-order chi connectivity index (χ1) is 5.57. The normalized spacial score (nSPS) is 49.2. The van der Waals surface area contributed by atoms with Crippen molar-refractivity contribution in [1.82, 2.24) is 0 Å². The number of ether oxygens (including phenoxy) is 1. The Morgan fingerprint density at radius 2 is 1.92 bits per heavy atom. The molecule has 5 N–H and O–H groups in total. The largest absolute Gasteiger partial charge is 0.394 e. The minimum Gasteiger partial charge on any atom is -0.394 e. The third-order valence-corrected chi connectivity index (χ3v) is 2.24. The van der Waals surface area contributed by atoms with Gasteiger partial charge in [-0.15, -0.1) is 0 Å². The van der Waals surface area contributed by atoms with Gasteiger partial charge in [-0.1, -0.05) is 0 Å². The van der Waals surface area contributed by atoms with E-state index >= 15 is 0 Å². The Labute approximate surface area is 70.8 Å². The zero-order chi connectivity index (χ0) is 9.30. The summed E-state index contributed by atoms with van der Waals surface area (Å²) in [5.74, 6) is 0. The van der Waals surface area contributed by atoms with Crippen molar-refractivity contribution in [2.45, 2.75) is 37.4 Å². The highest BCUT2D eigenvalue weighted by molar-refractivity contribution is 4.92. The van der Waals surface area contributed by atoms with E-state index in [9.17, 15) is 10.2 Å². The molecule has 5 nitrogen and oxygen atoms in total. The van der Waals surface area contributed by atoms with Gasteiger partial charge in [0.15, 0.2) is 0 Å². The third kappa shape index (κ3) is 1.60. The van der Waals surface area contributed by atoms with Crippen molar-refractivity contribution in [2.75, 3.05) is 6.61 Å². The average Bonchev–Trinajstić information content (AvgIpc) is 2.08. The molecule has 1 aliphatic heterocycles. The van der Waals surface area contributed by atoms with Crippen molar-refractivity contribution in [3.63, 3.8) is 0 Å². The van der Waals surface area contributed by atoms with E-state index in [1.807, 2.05) is 0 Å². The molecule has 0 aliphatic carbocycles. The molecule has 5 heteroatoms. The lowest BCUT2D eigenvalue weighted by molar-refractivity contribution is -0.183. The van der Waals surface area contributed by atoms with Crippen LogP contribution >= 0.6 is 0 Å². The van der Waals surface area contributed by atoms with E-state index in [4.69, 9.17) is 15.6 Å². The first-order valence-electron chi connectivity index (χ1n) is 3.96. The number of aliphatic hydroxyl groups is 3. The molecule has 1 rings (SSSR count). The second-order valence-electron chi connectivity index (χ2n) is 3.12. The fourth-order valence-electron chi connectivity index (χ4n) is 1.32. The highest BCUT2D eigenvalue weighted by Gasteiger charge is 2.40. The quantitative estimate of drug-likeness (QED) is 0.365. The molecule has 0 spiro atoms. The molecule has 0 aromatic heterocycles. The van der Waals surface area contributed by atoms with Crippen LogP contribution in [0.2, 0.25) is 0 Å². The van der Waals surface area contributed by atoms with E-state index < -0.39 is 24.4 Å². The van der Waals surface area contributed by atoms with Gasteiger partial charge < -0.3 is 25.8 Å². The molecule has 0 aromatic carbocycles. The Bertz CT molecular complexity index is 150. The highest BCUT2D eigenvalue weighted by atomic mass is 16.5. The molecule has 0 bridgehead atoms. The van der Waals surface area contributed by atoms with E-state index in [1.54, 1.807) is 6.92 Å². The maximum atomic E-state index is 9.35. The fourth-order valence-corrected chi connectivity index (χ4v) is 1.32. The lowest BCUT2D eigenvalue weighted by Gasteiger charge is -2.39. The lowest BCUT2D eigenvalue weighted by atomic mass is 9.94. The minimum absolute atomic E-state index is 0.310. The van der Waals surface area contributed by atoms with Crippen molar-refractivity contribution in [2.24, 2.45) is 5.73 Å². The maximum absolute atomic E-state index is 9.35. The van der Waals surface area contributed by atoms with Crippen LogP contribution < -0.4 is 5.73 Å².